The van der Waals surface area contributed by atoms with Crippen molar-refractivity contribution in [2.24, 2.45) is 4.99 Å². The van der Waals surface area contributed by atoms with Crippen molar-refractivity contribution in [3.05, 3.63) is 29.8 Å². The van der Waals surface area contributed by atoms with Gasteiger partial charge in [-0.15, -0.1) is 0 Å². The monoisotopic (exact) mass is 407 g/mol. The average molecular weight is 408 g/mol. The molecule has 0 radical (unpaired) electrons. The van der Waals surface area contributed by atoms with Crippen LogP contribution in [0.2, 0.25) is 0 Å². The molecule has 0 atom stereocenters. The number of rotatable bonds is 5. The maximum Gasteiger partial charge on any atom is 0.243 e. The Morgan fingerprint density at radius 3 is 2.46 bits per heavy atom. The maximum absolute atomic E-state index is 13.2. The molecule has 0 amide bonds. The van der Waals surface area contributed by atoms with Gasteiger partial charge in [-0.1, -0.05) is 37.5 Å². The zero-order valence-corrected chi connectivity index (χ0v) is 17.8. The van der Waals surface area contributed by atoms with Crippen LogP contribution in [-0.2, 0) is 16.6 Å². The molecule has 1 saturated carbocycles. The number of piperazine rings is 1. The van der Waals surface area contributed by atoms with Gasteiger partial charge in [0.1, 0.15) is 0 Å². The van der Waals surface area contributed by atoms with Crippen LogP contribution in [0, 0.1) is 0 Å². The first-order chi connectivity index (χ1) is 13.5. The van der Waals surface area contributed by atoms with Crippen LogP contribution in [0.25, 0.3) is 0 Å². The third-order valence-electron chi connectivity index (χ3n) is 5.67. The van der Waals surface area contributed by atoms with Crippen molar-refractivity contribution in [3.8, 4) is 0 Å². The molecular weight excluding hydrogens is 374 g/mol. The molecule has 0 aromatic heterocycles. The van der Waals surface area contributed by atoms with Crippen LogP contribution in [0.4, 0.5) is 0 Å². The van der Waals surface area contributed by atoms with Gasteiger partial charge in [-0.05, 0) is 31.5 Å². The van der Waals surface area contributed by atoms with E-state index in [1.807, 2.05) is 19.2 Å². The van der Waals surface area contributed by atoms with Gasteiger partial charge in [0.15, 0.2) is 5.96 Å². The Bertz CT molecular complexity index is 767. The van der Waals surface area contributed by atoms with Gasteiger partial charge in [0, 0.05) is 45.8 Å². The lowest BCUT2D eigenvalue weighted by atomic mass is 9.96. The zero-order chi connectivity index (χ0) is 20.0. The number of likely N-dealkylation sites (N-methyl/N-ethyl adjacent to an activating group) is 1. The Balaban J connectivity index is 1.67. The zero-order valence-electron chi connectivity index (χ0n) is 17.0. The standard InChI is InChI=1S/C20H33N5O2S/c1-21-20(23-18-9-4-3-5-10-18)22-16-17-8-6-7-11-19(17)28(26,27)25-14-12-24(2)13-15-25/h6-8,11,18H,3-5,9-10,12-16H2,1-2H3,(H2,21,22,23). The number of sulfonamides is 1. The summed E-state index contributed by atoms with van der Waals surface area (Å²) < 4.78 is 28.0. The Labute approximate surface area is 169 Å². The fourth-order valence-corrected chi connectivity index (χ4v) is 5.53. The summed E-state index contributed by atoms with van der Waals surface area (Å²) in [5, 5.41) is 6.78. The fourth-order valence-electron chi connectivity index (χ4n) is 3.88. The van der Waals surface area contributed by atoms with Gasteiger partial charge < -0.3 is 15.5 Å². The van der Waals surface area contributed by atoms with Gasteiger partial charge in [0.2, 0.25) is 10.0 Å². The molecular formula is C20H33N5O2S. The van der Waals surface area contributed by atoms with Gasteiger partial charge in [-0.2, -0.15) is 4.31 Å². The highest BCUT2D eigenvalue weighted by Crippen LogP contribution is 2.21. The molecule has 1 aliphatic heterocycles. The molecule has 1 aliphatic carbocycles. The van der Waals surface area contributed by atoms with E-state index in [0.717, 1.165) is 37.5 Å². The van der Waals surface area contributed by atoms with Crippen molar-refractivity contribution in [1.82, 2.24) is 19.8 Å². The van der Waals surface area contributed by atoms with Crippen LogP contribution in [0.15, 0.2) is 34.2 Å². The molecule has 0 unspecified atom stereocenters. The average Bonchev–Trinajstić information content (AvgIpc) is 2.72. The topological polar surface area (TPSA) is 77.0 Å². The number of hydrogen-bond donors (Lipinski definition) is 2. The second kappa shape index (κ2) is 9.71. The van der Waals surface area contributed by atoms with Gasteiger partial charge >= 0.3 is 0 Å². The molecule has 1 aromatic carbocycles. The first-order valence-electron chi connectivity index (χ1n) is 10.2. The summed E-state index contributed by atoms with van der Waals surface area (Å²) in [6, 6.07) is 7.72. The van der Waals surface area contributed by atoms with E-state index in [1.165, 1.54) is 19.3 Å². The van der Waals surface area contributed by atoms with Crippen LogP contribution < -0.4 is 10.6 Å². The molecule has 1 heterocycles. The van der Waals surface area contributed by atoms with Crippen LogP contribution in [-0.4, -0.2) is 69.9 Å². The molecule has 156 valence electrons. The minimum absolute atomic E-state index is 0.389. The predicted octanol–water partition coefficient (Wildman–Crippen LogP) is 1.62. The molecule has 2 aliphatic rings. The minimum Gasteiger partial charge on any atom is -0.354 e. The Hall–Kier alpha value is -1.64. The molecule has 1 saturated heterocycles. The van der Waals surface area contributed by atoms with E-state index in [1.54, 1.807) is 23.5 Å². The fraction of sp³-hybridized carbons (Fsp3) is 0.650. The van der Waals surface area contributed by atoms with Crippen LogP contribution in [0.1, 0.15) is 37.7 Å². The lowest BCUT2D eigenvalue weighted by Gasteiger charge is -2.32. The SMILES string of the molecule is CN=C(NCc1ccccc1S(=O)(=O)N1CCN(C)CC1)NC1CCCCC1. The van der Waals surface area contributed by atoms with E-state index in [0.29, 0.717) is 30.6 Å². The molecule has 0 bridgehead atoms. The number of nitrogens with one attached hydrogen (secondary N) is 2. The van der Waals surface area contributed by atoms with Crippen molar-refractivity contribution in [1.29, 1.82) is 0 Å². The van der Waals surface area contributed by atoms with Gasteiger partial charge in [-0.3, -0.25) is 4.99 Å². The Morgan fingerprint density at radius 1 is 1.11 bits per heavy atom. The molecule has 8 heteroatoms. The Morgan fingerprint density at radius 2 is 1.79 bits per heavy atom. The number of guanidine groups is 1. The Kier molecular flexibility index (Phi) is 7.31. The molecule has 2 fully saturated rings. The third-order valence-corrected chi connectivity index (χ3v) is 7.67. The second-order valence-electron chi connectivity index (χ2n) is 7.72. The van der Waals surface area contributed by atoms with E-state index in [9.17, 15) is 8.42 Å². The van der Waals surface area contributed by atoms with Crippen molar-refractivity contribution in [2.45, 2.75) is 49.6 Å². The summed E-state index contributed by atoms with van der Waals surface area (Å²) in [4.78, 5) is 6.86. The molecule has 7 nitrogen and oxygen atoms in total. The van der Waals surface area contributed by atoms with Crippen LogP contribution in [0.3, 0.4) is 0 Å². The number of benzene rings is 1. The molecule has 1 aromatic rings. The predicted molar refractivity (Wildman–Crippen MR) is 113 cm³/mol. The normalized spacial score (nSPS) is 20.9. The van der Waals surface area contributed by atoms with Crippen molar-refractivity contribution < 1.29 is 8.42 Å². The van der Waals surface area contributed by atoms with Gasteiger partial charge in [0.05, 0.1) is 4.90 Å². The summed E-state index contributed by atoms with van der Waals surface area (Å²) in [5.41, 5.74) is 0.771. The first kappa shape index (κ1) is 21.1. The van der Waals surface area contributed by atoms with Gasteiger partial charge in [-0.25, -0.2) is 8.42 Å². The highest BCUT2D eigenvalue weighted by atomic mass is 32.2. The maximum atomic E-state index is 13.2. The van der Waals surface area contributed by atoms with E-state index in [-0.39, 0.29) is 0 Å². The first-order valence-corrected chi connectivity index (χ1v) is 11.7. The van der Waals surface area contributed by atoms with E-state index in [4.69, 9.17) is 0 Å². The third kappa shape index (κ3) is 5.24. The van der Waals surface area contributed by atoms with E-state index >= 15 is 0 Å². The number of aliphatic imine (C=N–C) groups is 1. The van der Waals surface area contributed by atoms with Crippen LogP contribution in [0.5, 0.6) is 0 Å². The molecule has 28 heavy (non-hydrogen) atoms. The summed E-state index contributed by atoms with van der Waals surface area (Å²) in [5.74, 6) is 0.735. The minimum atomic E-state index is -3.49. The van der Waals surface area contributed by atoms with Crippen molar-refractivity contribution in [2.75, 3.05) is 40.3 Å². The van der Waals surface area contributed by atoms with Gasteiger partial charge in [0.25, 0.3) is 0 Å². The van der Waals surface area contributed by atoms with Crippen LogP contribution >= 0.6 is 0 Å². The number of hydrogen-bond acceptors (Lipinski definition) is 4. The van der Waals surface area contributed by atoms with Crippen molar-refractivity contribution >= 4 is 16.0 Å². The molecule has 2 N–H and O–H groups in total. The molecule has 3 rings (SSSR count). The number of nitrogens with zero attached hydrogens (tertiary/aromatic N) is 3. The quantitative estimate of drug-likeness (QED) is 0.573. The highest BCUT2D eigenvalue weighted by Gasteiger charge is 2.29. The molecule has 0 spiro atoms. The lowest BCUT2D eigenvalue weighted by Crippen LogP contribution is -2.47. The lowest BCUT2D eigenvalue weighted by molar-refractivity contribution is 0.222. The van der Waals surface area contributed by atoms with E-state index in [2.05, 4.69) is 20.5 Å². The second-order valence-corrected chi connectivity index (χ2v) is 9.63. The summed E-state index contributed by atoms with van der Waals surface area (Å²) in [6.07, 6.45) is 6.13. The smallest absolute Gasteiger partial charge is 0.243 e. The van der Waals surface area contributed by atoms with Crippen molar-refractivity contribution in [3.63, 3.8) is 0 Å². The summed E-state index contributed by atoms with van der Waals surface area (Å²) in [7, 11) is 0.284. The van der Waals surface area contributed by atoms with E-state index < -0.39 is 10.0 Å². The highest BCUT2D eigenvalue weighted by molar-refractivity contribution is 7.89. The summed E-state index contributed by atoms with van der Waals surface area (Å²) in [6.45, 7) is 3.02. The summed E-state index contributed by atoms with van der Waals surface area (Å²) >= 11 is 0. The largest absolute Gasteiger partial charge is 0.354 e.